The van der Waals surface area contributed by atoms with Gasteiger partial charge in [-0.05, 0) is 16.3 Å². The second kappa shape index (κ2) is 2.78. The molecule has 2 aromatic rings. The van der Waals surface area contributed by atoms with Gasteiger partial charge in [0.2, 0.25) is 0 Å². The smallest absolute Gasteiger partial charge is 0.0394 e. The summed E-state index contributed by atoms with van der Waals surface area (Å²) in [6, 6.07) is 15.2. The van der Waals surface area contributed by atoms with Gasteiger partial charge in [0.1, 0.15) is 0 Å². The standard InChI is InChI=1S/C12H10S/c1-2-6-10-9(4-1)5-3-7-11(10)12-8-13-12/h1-7,12H,8H2. The molecule has 0 radical (unpaired) electrons. The molecule has 0 nitrogen and oxygen atoms in total. The van der Waals surface area contributed by atoms with Crippen LogP contribution in [0.25, 0.3) is 10.8 Å². The van der Waals surface area contributed by atoms with Crippen LogP contribution >= 0.6 is 11.8 Å². The van der Waals surface area contributed by atoms with Crippen LogP contribution in [-0.4, -0.2) is 5.75 Å². The molecule has 1 fully saturated rings. The van der Waals surface area contributed by atoms with Crippen molar-refractivity contribution >= 4 is 22.5 Å². The third-order valence-corrected chi connectivity index (χ3v) is 3.42. The van der Waals surface area contributed by atoms with Crippen LogP contribution in [0.15, 0.2) is 42.5 Å². The van der Waals surface area contributed by atoms with Gasteiger partial charge in [0.05, 0.1) is 0 Å². The minimum atomic E-state index is 0.770. The van der Waals surface area contributed by atoms with Gasteiger partial charge in [-0.15, -0.1) is 0 Å². The van der Waals surface area contributed by atoms with Crippen LogP contribution < -0.4 is 0 Å². The number of hydrogen-bond acceptors (Lipinski definition) is 1. The maximum Gasteiger partial charge on any atom is 0.0394 e. The molecule has 1 atom stereocenters. The lowest BCUT2D eigenvalue weighted by Gasteiger charge is -2.02. The van der Waals surface area contributed by atoms with Crippen LogP contribution in [0.5, 0.6) is 0 Å². The van der Waals surface area contributed by atoms with Crippen molar-refractivity contribution in [2.75, 3.05) is 5.75 Å². The Morgan fingerprint density at radius 2 is 1.77 bits per heavy atom. The van der Waals surface area contributed by atoms with Crippen LogP contribution in [0.4, 0.5) is 0 Å². The van der Waals surface area contributed by atoms with E-state index < -0.39 is 0 Å². The monoisotopic (exact) mass is 186 g/mol. The number of fused-ring (bicyclic) bond motifs is 1. The summed E-state index contributed by atoms with van der Waals surface area (Å²) in [5.74, 6) is 1.30. The van der Waals surface area contributed by atoms with Crippen molar-refractivity contribution in [2.45, 2.75) is 5.25 Å². The van der Waals surface area contributed by atoms with Gasteiger partial charge in [0.25, 0.3) is 0 Å². The molecule has 0 aliphatic carbocycles. The number of hydrogen-bond donors (Lipinski definition) is 0. The van der Waals surface area contributed by atoms with E-state index in [4.69, 9.17) is 0 Å². The van der Waals surface area contributed by atoms with Gasteiger partial charge < -0.3 is 0 Å². The van der Waals surface area contributed by atoms with E-state index in [1.165, 1.54) is 22.1 Å². The summed E-state index contributed by atoms with van der Waals surface area (Å²) in [6.07, 6.45) is 0. The predicted molar refractivity (Wildman–Crippen MR) is 59.1 cm³/mol. The van der Waals surface area contributed by atoms with E-state index in [0.717, 1.165) is 5.25 Å². The predicted octanol–water partition coefficient (Wildman–Crippen LogP) is 3.63. The summed E-state index contributed by atoms with van der Waals surface area (Å²) in [5.41, 5.74) is 1.52. The van der Waals surface area contributed by atoms with Crippen LogP contribution in [0.1, 0.15) is 10.8 Å². The SMILES string of the molecule is c1ccc2c(C3CS3)cccc2c1. The van der Waals surface area contributed by atoms with Crippen molar-refractivity contribution in [3.05, 3.63) is 48.0 Å². The first-order valence-corrected chi connectivity index (χ1v) is 5.59. The number of benzene rings is 2. The highest BCUT2D eigenvalue weighted by Gasteiger charge is 2.25. The molecule has 1 heterocycles. The Kier molecular flexibility index (Phi) is 1.59. The maximum absolute atomic E-state index is 2.26. The molecule has 64 valence electrons. The molecule has 0 spiro atoms. The highest BCUT2D eigenvalue weighted by atomic mass is 32.2. The largest absolute Gasteiger partial charge is 0.151 e. The van der Waals surface area contributed by atoms with Crippen LogP contribution in [0.2, 0.25) is 0 Å². The summed E-state index contributed by atoms with van der Waals surface area (Å²) >= 11 is 2.04. The van der Waals surface area contributed by atoms with Gasteiger partial charge in [0, 0.05) is 11.0 Å². The zero-order chi connectivity index (χ0) is 8.67. The summed E-state index contributed by atoms with van der Waals surface area (Å²) in [7, 11) is 0. The Bertz CT molecular complexity index is 438. The molecule has 0 bridgehead atoms. The Labute approximate surface area is 82.0 Å². The van der Waals surface area contributed by atoms with E-state index in [2.05, 4.69) is 42.5 Å². The van der Waals surface area contributed by atoms with Gasteiger partial charge >= 0.3 is 0 Å². The molecule has 13 heavy (non-hydrogen) atoms. The van der Waals surface area contributed by atoms with Crippen molar-refractivity contribution < 1.29 is 0 Å². The Hall–Kier alpha value is -0.950. The normalized spacial score (nSPS) is 20.5. The van der Waals surface area contributed by atoms with E-state index in [0.29, 0.717) is 0 Å². The molecular formula is C12H10S. The van der Waals surface area contributed by atoms with Crippen molar-refractivity contribution in [3.8, 4) is 0 Å². The molecule has 1 heteroatoms. The van der Waals surface area contributed by atoms with Gasteiger partial charge in [0.15, 0.2) is 0 Å². The number of thioether (sulfide) groups is 1. The molecule has 0 saturated carbocycles. The van der Waals surface area contributed by atoms with Gasteiger partial charge in [-0.3, -0.25) is 0 Å². The first-order chi connectivity index (χ1) is 6.45. The lowest BCUT2D eigenvalue weighted by molar-refractivity contribution is 1.26. The quantitative estimate of drug-likeness (QED) is 0.613. The Morgan fingerprint density at radius 3 is 2.62 bits per heavy atom. The van der Waals surface area contributed by atoms with E-state index in [-0.39, 0.29) is 0 Å². The van der Waals surface area contributed by atoms with Crippen LogP contribution in [0.3, 0.4) is 0 Å². The lowest BCUT2D eigenvalue weighted by Crippen LogP contribution is -1.81. The van der Waals surface area contributed by atoms with Crippen LogP contribution in [-0.2, 0) is 0 Å². The first-order valence-electron chi connectivity index (χ1n) is 4.54. The summed E-state index contributed by atoms with van der Waals surface area (Å²) in [5, 5.41) is 3.57. The van der Waals surface area contributed by atoms with Crippen LogP contribution in [0, 0.1) is 0 Å². The van der Waals surface area contributed by atoms with Crippen molar-refractivity contribution in [3.63, 3.8) is 0 Å². The average Bonchev–Trinajstić information content (AvgIpc) is 3.00. The lowest BCUT2D eigenvalue weighted by atomic mass is 10.0. The fourth-order valence-electron chi connectivity index (χ4n) is 1.76. The Balaban J connectivity index is 2.32. The molecule has 3 rings (SSSR count). The minimum Gasteiger partial charge on any atom is -0.151 e. The van der Waals surface area contributed by atoms with Crippen molar-refractivity contribution in [2.24, 2.45) is 0 Å². The number of rotatable bonds is 1. The topological polar surface area (TPSA) is 0 Å². The van der Waals surface area contributed by atoms with E-state index in [9.17, 15) is 0 Å². The summed E-state index contributed by atoms with van der Waals surface area (Å²) in [6.45, 7) is 0. The molecule has 1 unspecified atom stereocenters. The zero-order valence-corrected chi connectivity index (χ0v) is 8.05. The third-order valence-electron chi connectivity index (χ3n) is 2.50. The van der Waals surface area contributed by atoms with E-state index >= 15 is 0 Å². The van der Waals surface area contributed by atoms with Gasteiger partial charge in [-0.1, -0.05) is 42.5 Å². The highest BCUT2D eigenvalue weighted by molar-refractivity contribution is 8.06. The van der Waals surface area contributed by atoms with Gasteiger partial charge in [-0.2, -0.15) is 11.8 Å². The fourth-order valence-corrected chi connectivity index (χ4v) is 2.42. The molecule has 0 N–H and O–H groups in total. The molecule has 1 aliphatic heterocycles. The van der Waals surface area contributed by atoms with Gasteiger partial charge in [-0.25, -0.2) is 0 Å². The molecular weight excluding hydrogens is 176 g/mol. The zero-order valence-electron chi connectivity index (χ0n) is 7.23. The second-order valence-corrected chi connectivity index (χ2v) is 4.63. The highest BCUT2D eigenvalue weighted by Crippen LogP contribution is 2.48. The molecule has 0 aromatic heterocycles. The molecule has 0 amide bonds. The average molecular weight is 186 g/mol. The fraction of sp³-hybridized carbons (Fsp3) is 0.167. The van der Waals surface area contributed by atoms with Crippen molar-refractivity contribution in [1.29, 1.82) is 0 Å². The maximum atomic E-state index is 2.26. The molecule has 2 aromatic carbocycles. The second-order valence-electron chi connectivity index (χ2n) is 3.39. The summed E-state index contributed by atoms with van der Waals surface area (Å²) < 4.78 is 0. The minimum absolute atomic E-state index is 0.770. The first kappa shape index (κ1) is 7.45. The van der Waals surface area contributed by atoms with E-state index in [1.807, 2.05) is 11.8 Å². The third kappa shape index (κ3) is 1.24. The van der Waals surface area contributed by atoms with Crippen molar-refractivity contribution in [1.82, 2.24) is 0 Å². The molecule has 1 aliphatic rings. The Morgan fingerprint density at radius 1 is 1.00 bits per heavy atom. The molecule has 1 saturated heterocycles. The van der Waals surface area contributed by atoms with E-state index in [1.54, 1.807) is 0 Å². The summed E-state index contributed by atoms with van der Waals surface area (Å²) in [4.78, 5) is 0.